The third-order valence-corrected chi connectivity index (χ3v) is 2.04. The molecule has 0 atom stereocenters. The summed E-state index contributed by atoms with van der Waals surface area (Å²) in [6.45, 7) is 1.77. The summed E-state index contributed by atoms with van der Waals surface area (Å²) in [6.07, 6.45) is 1.69. The van der Waals surface area contributed by atoms with Crippen LogP contribution in [0.4, 0.5) is 10.2 Å². The maximum atomic E-state index is 12.8. The summed E-state index contributed by atoms with van der Waals surface area (Å²) in [6, 6.07) is 6.26. The molecular weight excluding hydrogens is 223 g/mol. The first kappa shape index (κ1) is 11.3. The first-order chi connectivity index (χ1) is 8.13. The standard InChI is InChI=1S/C11H11FN4O/c1-8(17)13-11-5-6-16(15-11)7-9-3-2-4-10(12)14-9/h2-6H,7H2,1H3,(H,13,15,17). The van der Waals surface area contributed by atoms with Gasteiger partial charge in [-0.15, -0.1) is 0 Å². The van der Waals surface area contributed by atoms with Crippen molar-refractivity contribution in [3.05, 3.63) is 42.1 Å². The van der Waals surface area contributed by atoms with Crippen LogP contribution in [0.5, 0.6) is 0 Å². The zero-order chi connectivity index (χ0) is 12.3. The van der Waals surface area contributed by atoms with Gasteiger partial charge < -0.3 is 5.32 Å². The molecule has 1 N–H and O–H groups in total. The molecule has 0 aliphatic heterocycles. The van der Waals surface area contributed by atoms with E-state index in [9.17, 15) is 9.18 Å². The van der Waals surface area contributed by atoms with Crippen LogP contribution in [-0.4, -0.2) is 20.7 Å². The summed E-state index contributed by atoms with van der Waals surface area (Å²) >= 11 is 0. The minimum Gasteiger partial charge on any atom is -0.309 e. The largest absolute Gasteiger partial charge is 0.309 e. The Labute approximate surface area is 97.3 Å². The Balaban J connectivity index is 2.08. The number of anilines is 1. The number of hydrogen-bond donors (Lipinski definition) is 1. The highest BCUT2D eigenvalue weighted by Gasteiger charge is 2.02. The average Bonchev–Trinajstić information content (AvgIpc) is 2.64. The van der Waals surface area contributed by atoms with Crippen molar-refractivity contribution in [3.8, 4) is 0 Å². The number of aromatic nitrogens is 3. The van der Waals surface area contributed by atoms with Gasteiger partial charge in [0.15, 0.2) is 5.82 Å². The highest BCUT2D eigenvalue weighted by Crippen LogP contribution is 2.05. The lowest BCUT2D eigenvalue weighted by atomic mass is 10.3. The molecule has 2 heterocycles. The van der Waals surface area contributed by atoms with Crippen LogP contribution in [0, 0.1) is 5.95 Å². The normalized spacial score (nSPS) is 10.2. The molecule has 0 unspecified atom stereocenters. The number of carbonyl (C=O) groups excluding carboxylic acids is 1. The number of hydrogen-bond acceptors (Lipinski definition) is 3. The Kier molecular flexibility index (Phi) is 3.13. The molecule has 0 aliphatic rings. The van der Waals surface area contributed by atoms with Crippen LogP contribution in [0.1, 0.15) is 12.6 Å². The van der Waals surface area contributed by atoms with Crippen LogP contribution < -0.4 is 5.32 Å². The van der Waals surface area contributed by atoms with Crippen LogP contribution >= 0.6 is 0 Å². The zero-order valence-electron chi connectivity index (χ0n) is 9.22. The van der Waals surface area contributed by atoms with Crippen molar-refractivity contribution in [1.29, 1.82) is 0 Å². The van der Waals surface area contributed by atoms with E-state index in [0.29, 0.717) is 18.1 Å². The highest BCUT2D eigenvalue weighted by molar-refractivity contribution is 5.87. The number of halogens is 1. The summed E-state index contributed by atoms with van der Waals surface area (Å²) in [5.41, 5.74) is 0.572. The van der Waals surface area contributed by atoms with Gasteiger partial charge >= 0.3 is 0 Å². The molecule has 0 fully saturated rings. The molecule has 0 aliphatic carbocycles. The van der Waals surface area contributed by atoms with Crippen molar-refractivity contribution in [2.75, 3.05) is 5.32 Å². The van der Waals surface area contributed by atoms with E-state index in [0.717, 1.165) is 0 Å². The predicted octanol–water partition coefficient (Wildman–Crippen LogP) is 1.42. The summed E-state index contributed by atoms with van der Waals surface area (Å²) in [5.74, 6) is -0.232. The first-order valence-corrected chi connectivity index (χ1v) is 5.06. The second kappa shape index (κ2) is 4.73. The van der Waals surface area contributed by atoms with Gasteiger partial charge in [0.1, 0.15) is 0 Å². The van der Waals surface area contributed by atoms with Gasteiger partial charge in [0.05, 0.1) is 12.2 Å². The molecule has 1 amide bonds. The minimum atomic E-state index is -0.517. The van der Waals surface area contributed by atoms with Crippen molar-refractivity contribution < 1.29 is 9.18 Å². The average molecular weight is 234 g/mol. The van der Waals surface area contributed by atoms with E-state index in [1.54, 1.807) is 29.1 Å². The first-order valence-electron chi connectivity index (χ1n) is 5.06. The lowest BCUT2D eigenvalue weighted by Crippen LogP contribution is -2.08. The molecule has 2 aromatic heterocycles. The molecule has 0 saturated heterocycles. The molecule has 2 aromatic rings. The molecule has 5 nitrogen and oxygen atoms in total. The molecule has 0 saturated carbocycles. The summed E-state index contributed by atoms with van der Waals surface area (Å²) < 4.78 is 14.4. The fourth-order valence-corrected chi connectivity index (χ4v) is 1.40. The molecule has 0 radical (unpaired) electrons. The van der Waals surface area contributed by atoms with Gasteiger partial charge in [-0.05, 0) is 12.1 Å². The van der Waals surface area contributed by atoms with Gasteiger partial charge in [-0.25, -0.2) is 4.98 Å². The van der Waals surface area contributed by atoms with E-state index in [-0.39, 0.29) is 5.91 Å². The Morgan fingerprint density at radius 3 is 3.00 bits per heavy atom. The minimum absolute atomic E-state index is 0.181. The monoisotopic (exact) mass is 234 g/mol. The van der Waals surface area contributed by atoms with Crippen molar-refractivity contribution in [2.24, 2.45) is 0 Å². The van der Waals surface area contributed by atoms with E-state index in [2.05, 4.69) is 15.4 Å². The smallest absolute Gasteiger partial charge is 0.222 e. The van der Waals surface area contributed by atoms with E-state index >= 15 is 0 Å². The topological polar surface area (TPSA) is 59.8 Å². The summed E-state index contributed by atoms with van der Waals surface area (Å²) in [7, 11) is 0. The Hall–Kier alpha value is -2.24. The van der Waals surface area contributed by atoms with Gasteiger partial charge in [-0.1, -0.05) is 6.07 Å². The lowest BCUT2D eigenvalue weighted by Gasteiger charge is -2.01. The van der Waals surface area contributed by atoms with Crippen LogP contribution in [0.15, 0.2) is 30.5 Å². The van der Waals surface area contributed by atoms with Crippen molar-refractivity contribution in [2.45, 2.75) is 13.5 Å². The van der Waals surface area contributed by atoms with E-state index in [1.165, 1.54) is 13.0 Å². The molecule has 0 aromatic carbocycles. The van der Waals surface area contributed by atoms with E-state index in [1.807, 2.05) is 0 Å². The lowest BCUT2D eigenvalue weighted by molar-refractivity contribution is -0.114. The maximum absolute atomic E-state index is 12.8. The van der Waals surface area contributed by atoms with E-state index in [4.69, 9.17) is 0 Å². The van der Waals surface area contributed by atoms with Crippen LogP contribution in [-0.2, 0) is 11.3 Å². The van der Waals surface area contributed by atoms with Gasteiger partial charge in [-0.2, -0.15) is 9.49 Å². The number of amides is 1. The SMILES string of the molecule is CC(=O)Nc1ccn(Cc2cccc(F)n2)n1. The third kappa shape index (κ3) is 3.10. The zero-order valence-corrected chi connectivity index (χ0v) is 9.22. The van der Waals surface area contributed by atoms with Crippen molar-refractivity contribution >= 4 is 11.7 Å². The van der Waals surface area contributed by atoms with Crippen LogP contribution in [0.2, 0.25) is 0 Å². The fraction of sp³-hybridized carbons (Fsp3) is 0.182. The summed E-state index contributed by atoms with van der Waals surface area (Å²) in [4.78, 5) is 14.5. The van der Waals surface area contributed by atoms with Gasteiger partial charge in [-0.3, -0.25) is 9.48 Å². The Bertz CT molecular complexity index is 538. The molecule has 6 heteroatoms. The van der Waals surface area contributed by atoms with Gasteiger partial charge in [0.25, 0.3) is 0 Å². The molecule has 2 rings (SSSR count). The molecule has 88 valence electrons. The number of nitrogens with zero attached hydrogens (tertiary/aromatic N) is 3. The number of rotatable bonds is 3. The molecule has 17 heavy (non-hydrogen) atoms. The van der Waals surface area contributed by atoms with Crippen molar-refractivity contribution in [1.82, 2.24) is 14.8 Å². The predicted molar refractivity (Wildman–Crippen MR) is 59.8 cm³/mol. The second-order valence-electron chi connectivity index (χ2n) is 3.53. The van der Waals surface area contributed by atoms with Crippen LogP contribution in [0.3, 0.4) is 0 Å². The molecule has 0 spiro atoms. The van der Waals surface area contributed by atoms with Gasteiger partial charge in [0, 0.05) is 19.2 Å². The van der Waals surface area contributed by atoms with E-state index < -0.39 is 5.95 Å². The number of nitrogens with one attached hydrogen (secondary N) is 1. The number of pyridine rings is 1. The molecular formula is C11H11FN4O. The Morgan fingerprint density at radius 2 is 2.29 bits per heavy atom. The number of carbonyl (C=O) groups is 1. The Morgan fingerprint density at radius 1 is 1.47 bits per heavy atom. The van der Waals surface area contributed by atoms with Crippen LogP contribution in [0.25, 0.3) is 0 Å². The quantitative estimate of drug-likeness (QED) is 0.817. The molecule has 0 bridgehead atoms. The van der Waals surface area contributed by atoms with Gasteiger partial charge in [0.2, 0.25) is 11.9 Å². The second-order valence-corrected chi connectivity index (χ2v) is 3.53. The van der Waals surface area contributed by atoms with Crippen molar-refractivity contribution in [3.63, 3.8) is 0 Å². The fourth-order valence-electron chi connectivity index (χ4n) is 1.40. The summed E-state index contributed by atoms with van der Waals surface area (Å²) in [5, 5.41) is 6.65. The maximum Gasteiger partial charge on any atom is 0.222 e. The highest BCUT2D eigenvalue weighted by atomic mass is 19.1. The third-order valence-electron chi connectivity index (χ3n) is 2.04.